The third-order valence-corrected chi connectivity index (χ3v) is 3.47. The van der Waals surface area contributed by atoms with Crippen LogP contribution in [0.1, 0.15) is 25.8 Å². The van der Waals surface area contributed by atoms with Crippen LogP contribution in [0.2, 0.25) is 0 Å². The fraction of sp³-hybridized carbons (Fsp3) is 0.438. The van der Waals surface area contributed by atoms with Crippen molar-refractivity contribution in [3.05, 3.63) is 46.1 Å². The van der Waals surface area contributed by atoms with Crippen LogP contribution < -0.4 is 5.32 Å². The van der Waals surface area contributed by atoms with E-state index in [-0.39, 0.29) is 5.69 Å². The van der Waals surface area contributed by atoms with Crippen LogP contribution in [0.25, 0.3) is 11.3 Å². The van der Waals surface area contributed by atoms with E-state index in [9.17, 15) is 10.1 Å². The number of nitro groups is 1. The van der Waals surface area contributed by atoms with Crippen molar-refractivity contribution in [3.8, 4) is 11.3 Å². The summed E-state index contributed by atoms with van der Waals surface area (Å²) < 4.78 is 1.77. The number of aromatic nitrogens is 2. The van der Waals surface area contributed by atoms with Crippen LogP contribution in [0.4, 0.5) is 5.69 Å². The minimum absolute atomic E-state index is 0.0938. The van der Waals surface area contributed by atoms with Gasteiger partial charge in [-0.05, 0) is 31.0 Å². The van der Waals surface area contributed by atoms with E-state index in [1.165, 1.54) is 12.1 Å². The van der Waals surface area contributed by atoms with Gasteiger partial charge in [-0.1, -0.05) is 13.8 Å². The van der Waals surface area contributed by atoms with Gasteiger partial charge >= 0.3 is 0 Å². The molecular formula is C16H22N4O2. The molecule has 1 aromatic heterocycles. The highest BCUT2D eigenvalue weighted by Crippen LogP contribution is 2.24. The normalized spacial score (nSPS) is 11.1. The number of benzene rings is 1. The van der Waals surface area contributed by atoms with Gasteiger partial charge in [-0.25, -0.2) is 0 Å². The summed E-state index contributed by atoms with van der Waals surface area (Å²) in [6.45, 7) is 6.11. The van der Waals surface area contributed by atoms with Gasteiger partial charge < -0.3 is 5.32 Å². The van der Waals surface area contributed by atoms with Gasteiger partial charge in [0.1, 0.15) is 0 Å². The maximum Gasteiger partial charge on any atom is 0.269 e. The number of hydrogen-bond acceptors (Lipinski definition) is 4. The molecule has 0 radical (unpaired) electrons. The summed E-state index contributed by atoms with van der Waals surface area (Å²) in [6, 6.07) is 6.52. The molecule has 1 N–H and O–H groups in total. The predicted octanol–water partition coefficient (Wildman–Crippen LogP) is 3.13. The summed E-state index contributed by atoms with van der Waals surface area (Å²) in [5.41, 5.74) is 2.96. The monoisotopic (exact) mass is 302 g/mol. The van der Waals surface area contributed by atoms with Crippen LogP contribution in [-0.2, 0) is 13.6 Å². The Bertz CT molecular complexity index is 632. The smallest absolute Gasteiger partial charge is 0.269 e. The van der Waals surface area contributed by atoms with Gasteiger partial charge in [0.05, 0.1) is 10.6 Å². The molecular weight excluding hydrogens is 280 g/mol. The molecule has 0 saturated heterocycles. The molecule has 1 heterocycles. The topological polar surface area (TPSA) is 73.0 Å². The zero-order chi connectivity index (χ0) is 16.1. The minimum atomic E-state index is -0.392. The van der Waals surface area contributed by atoms with Gasteiger partial charge in [0.15, 0.2) is 0 Å². The largest absolute Gasteiger partial charge is 0.313 e. The highest BCUT2D eigenvalue weighted by Gasteiger charge is 2.12. The number of hydrogen-bond donors (Lipinski definition) is 1. The average Bonchev–Trinajstić information content (AvgIpc) is 2.84. The van der Waals surface area contributed by atoms with Crippen LogP contribution >= 0.6 is 0 Å². The molecule has 0 atom stereocenters. The molecule has 0 fully saturated rings. The van der Waals surface area contributed by atoms with Gasteiger partial charge in [-0.2, -0.15) is 5.10 Å². The lowest BCUT2D eigenvalue weighted by molar-refractivity contribution is -0.384. The molecule has 0 spiro atoms. The van der Waals surface area contributed by atoms with Gasteiger partial charge in [0.2, 0.25) is 0 Å². The molecule has 0 aliphatic carbocycles. The first kappa shape index (κ1) is 16.2. The molecule has 22 heavy (non-hydrogen) atoms. The van der Waals surface area contributed by atoms with Crippen molar-refractivity contribution in [2.24, 2.45) is 13.0 Å². The molecule has 118 valence electrons. The lowest BCUT2D eigenvalue weighted by atomic mass is 10.1. The Labute approximate surface area is 130 Å². The van der Waals surface area contributed by atoms with Crippen LogP contribution in [0.5, 0.6) is 0 Å². The Morgan fingerprint density at radius 2 is 2.00 bits per heavy atom. The molecule has 0 aliphatic rings. The second-order valence-electron chi connectivity index (χ2n) is 5.84. The van der Waals surface area contributed by atoms with Crippen molar-refractivity contribution < 1.29 is 4.92 Å². The van der Waals surface area contributed by atoms with Crippen molar-refractivity contribution in [2.45, 2.75) is 26.8 Å². The van der Waals surface area contributed by atoms with Crippen molar-refractivity contribution >= 4 is 5.69 Å². The highest BCUT2D eigenvalue weighted by atomic mass is 16.6. The molecule has 0 unspecified atom stereocenters. The standard InChI is InChI=1S/C16H22N4O2/c1-12(2)8-9-17-10-14-11-19(3)18-16(14)13-4-6-15(7-5-13)20(21)22/h4-7,11-12,17H,8-10H2,1-3H3. The van der Waals surface area contributed by atoms with Crippen LogP contribution in [0.3, 0.4) is 0 Å². The molecule has 6 heteroatoms. The Hall–Kier alpha value is -2.21. The second-order valence-corrected chi connectivity index (χ2v) is 5.84. The van der Waals surface area contributed by atoms with E-state index >= 15 is 0 Å². The number of non-ortho nitro benzene ring substituents is 1. The molecule has 1 aromatic carbocycles. The van der Waals surface area contributed by atoms with Gasteiger partial charge in [-0.15, -0.1) is 0 Å². The molecule has 2 aromatic rings. The van der Waals surface area contributed by atoms with E-state index in [4.69, 9.17) is 0 Å². The van der Waals surface area contributed by atoms with E-state index in [0.717, 1.165) is 36.3 Å². The summed E-state index contributed by atoms with van der Waals surface area (Å²) in [6.07, 6.45) is 3.12. The highest BCUT2D eigenvalue weighted by molar-refractivity contribution is 5.64. The van der Waals surface area contributed by atoms with E-state index < -0.39 is 4.92 Å². The minimum Gasteiger partial charge on any atom is -0.313 e. The average molecular weight is 302 g/mol. The van der Waals surface area contributed by atoms with Crippen molar-refractivity contribution in [1.82, 2.24) is 15.1 Å². The lowest BCUT2D eigenvalue weighted by Gasteiger charge is -2.07. The Morgan fingerprint density at radius 1 is 1.32 bits per heavy atom. The number of aryl methyl sites for hydroxylation is 1. The van der Waals surface area contributed by atoms with Crippen LogP contribution in [0, 0.1) is 16.0 Å². The molecule has 0 bridgehead atoms. The number of nitro benzene ring substituents is 1. The van der Waals surface area contributed by atoms with Crippen LogP contribution in [-0.4, -0.2) is 21.2 Å². The summed E-state index contributed by atoms with van der Waals surface area (Å²) in [5.74, 6) is 0.676. The first-order valence-corrected chi connectivity index (χ1v) is 7.45. The summed E-state index contributed by atoms with van der Waals surface area (Å²) >= 11 is 0. The third-order valence-electron chi connectivity index (χ3n) is 3.47. The van der Waals surface area contributed by atoms with Gasteiger partial charge in [0, 0.05) is 43.0 Å². The Morgan fingerprint density at radius 3 is 2.59 bits per heavy atom. The van der Waals surface area contributed by atoms with Crippen molar-refractivity contribution in [3.63, 3.8) is 0 Å². The van der Waals surface area contributed by atoms with E-state index in [1.807, 2.05) is 13.2 Å². The van der Waals surface area contributed by atoms with Crippen molar-refractivity contribution in [2.75, 3.05) is 6.54 Å². The van der Waals surface area contributed by atoms with Crippen molar-refractivity contribution in [1.29, 1.82) is 0 Å². The first-order valence-electron chi connectivity index (χ1n) is 7.45. The maximum absolute atomic E-state index is 10.7. The molecule has 0 amide bonds. The molecule has 2 rings (SSSR count). The summed E-state index contributed by atoms with van der Waals surface area (Å²) in [7, 11) is 1.88. The quantitative estimate of drug-likeness (QED) is 0.484. The zero-order valence-corrected chi connectivity index (χ0v) is 13.2. The fourth-order valence-corrected chi connectivity index (χ4v) is 2.26. The maximum atomic E-state index is 10.7. The second kappa shape index (κ2) is 7.17. The van der Waals surface area contributed by atoms with E-state index in [2.05, 4.69) is 24.3 Å². The number of nitrogens with one attached hydrogen (secondary N) is 1. The zero-order valence-electron chi connectivity index (χ0n) is 13.2. The van der Waals surface area contributed by atoms with Gasteiger partial charge in [0.25, 0.3) is 5.69 Å². The Kier molecular flexibility index (Phi) is 5.27. The molecule has 6 nitrogen and oxygen atoms in total. The van der Waals surface area contributed by atoms with Crippen LogP contribution in [0.15, 0.2) is 30.5 Å². The predicted molar refractivity (Wildman–Crippen MR) is 86.5 cm³/mol. The lowest BCUT2D eigenvalue weighted by Crippen LogP contribution is -2.16. The third kappa shape index (κ3) is 4.14. The Balaban J connectivity index is 2.11. The molecule has 0 aliphatic heterocycles. The fourth-order valence-electron chi connectivity index (χ4n) is 2.26. The summed E-state index contributed by atoms with van der Waals surface area (Å²) in [4.78, 5) is 10.3. The summed E-state index contributed by atoms with van der Waals surface area (Å²) in [5, 5.41) is 18.6. The number of rotatable bonds is 7. The first-order chi connectivity index (χ1) is 10.5. The number of nitrogens with zero attached hydrogens (tertiary/aromatic N) is 3. The molecule has 0 saturated carbocycles. The van der Waals surface area contributed by atoms with E-state index in [1.54, 1.807) is 16.8 Å². The van der Waals surface area contributed by atoms with Gasteiger partial charge in [-0.3, -0.25) is 14.8 Å². The SMILES string of the molecule is CC(C)CCNCc1cn(C)nc1-c1ccc([N+](=O)[O-])cc1. The van der Waals surface area contributed by atoms with E-state index in [0.29, 0.717) is 5.92 Å².